The number of carbonyl (C=O) groups is 1. The number of piperidine rings is 1. The summed E-state index contributed by atoms with van der Waals surface area (Å²) in [4.78, 5) is 14.1. The van der Waals surface area contributed by atoms with Crippen LogP contribution in [-0.2, 0) is 10.0 Å². The molecule has 128 valence electrons. The molecule has 1 saturated carbocycles. The Morgan fingerprint density at radius 3 is 2.36 bits per heavy atom. The number of hydrogen-bond acceptors (Lipinski definition) is 3. The first-order valence-corrected chi connectivity index (χ1v) is 9.88. The van der Waals surface area contributed by atoms with Crippen LogP contribution < -0.4 is 10.0 Å². The summed E-state index contributed by atoms with van der Waals surface area (Å²) in [7, 11) is -3.16. The largest absolute Gasteiger partial charge is 0.335 e. The molecule has 22 heavy (non-hydrogen) atoms. The average Bonchev–Trinajstić information content (AvgIpc) is 3.11. The van der Waals surface area contributed by atoms with E-state index < -0.39 is 10.0 Å². The van der Waals surface area contributed by atoms with Crippen LogP contribution in [0, 0.1) is 11.3 Å². The van der Waals surface area contributed by atoms with Gasteiger partial charge in [-0.25, -0.2) is 17.9 Å². The molecule has 1 saturated heterocycles. The van der Waals surface area contributed by atoms with Crippen LogP contribution in [0.15, 0.2) is 0 Å². The standard InChI is InChI=1S/C15H29N3O3S/c1-5-22(20,21)17-12-6-8-18(9-7-12)14(19)16-13-10-15(13,4)11(2)3/h11-13,17H,5-10H2,1-4H3,(H,16,19). The Kier molecular flexibility index (Phi) is 5.06. The summed E-state index contributed by atoms with van der Waals surface area (Å²) < 4.78 is 25.8. The van der Waals surface area contributed by atoms with Gasteiger partial charge in [-0.15, -0.1) is 0 Å². The molecule has 0 radical (unpaired) electrons. The Balaban J connectivity index is 1.77. The Labute approximate surface area is 134 Å². The smallest absolute Gasteiger partial charge is 0.317 e. The van der Waals surface area contributed by atoms with Crippen molar-refractivity contribution in [2.45, 2.75) is 59.0 Å². The minimum Gasteiger partial charge on any atom is -0.335 e. The van der Waals surface area contributed by atoms with E-state index in [1.165, 1.54) is 0 Å². The van der Waals surface area contributed by atoms with Crippen molar-refractivity contribution >= 4 is 16.1 Å². The summed E-state index contributed by atoms with van der Waals surface area (Å²) in [6.45, 7) is 9.44. The maximum absolute atomic E-state index is 12.3. The topological polar surface area (TPSA) is 78.5 Å². The number of hydrogen-bond donors (Lipinski definition) is 2. The van der Waals surface area contributed by atoms with Gasteiger partial charge in [0.05, 0.1) is 5.75 Å². The second kappa shape index (κ2) is 6.35. The third-order valence-corrected chi connectivity index (χ3v) is 6.86. The van der Waals surface area contributed by atoms with Crippen LogP contribution in [0.2, 0.25) is 0 Å². The molecular formula is C15H29N3O3S. The van der Waals surface area contributed by atoms with E-state index in [4.69, 9.17) is 0 Å². The van der Waals surface area contributed by atoms with Gasteiger partial charge in [-0.1, -0.05) is 20.8 Å². The van der Waals surface area contributed by atoms with Gasteiger partial charge in [0, 0.05) is 25.2 Å². The predicted molar refractivity (Wildman–Crippen MR) is 87.1 cm³/mol. The minimum atomic E-state index is -3.16. The number of nitrogens with one attached hydrogen (secondary N) is 2. The van der Waals surface area contributed by atoms with Gasteiger partial charge < -0.3 is 10.2 Å². The second-order valence-electron chi connectivity index (χ2n) is 7.15. The van der Waals surface area contributed by atoms with Crippen LogP contribution in [-0.4, -0.2) is 50.3 Å². The molecule has 0 spiro atoms. The minimum absolute atomic E-state index is 0.00817. The zero-order valence-electron chi connectivity index (χ0n) is 14.1. The van der Waals surface area contributed by atoms with Gasteiger partial charge in [0.25, 0.3) is 0 Å². The van der Waals surface area contributed by atoms with Crippen molar-refractivity contribution < 1.29 is 13.2 Å². The van der Waals surface area contributed by atoms with E-state index in [1.807, 2.05) is 0 Å². The Morgan fingerprint density at radius 2 is 1.91 bits per heavy atom. The van der Waals surface area contributed by atoms with Crippen molar-refractivity contribution in [2.24, 2.45) is 11.3 Å². The normalized spacial score (nSPS) is 29.7. The van der Waals surface area contributed by atoms with Gasteiger partial charge in [-0.2, -0.15) is 0 Å². The first-order chi connectivity index (χ1) is 10.2. The number of amides is 2. The van der Waals surface area contributed by atoms with Crippen LogP contribution >= 0.6 is 0 Å². The molecule has 1 heterocycles. The summed E-state index contributed by atoms with van der Waals surface area (Å²) in [6, 6.07) is 0.221. The molecule has 2 unspecified atom stereocenters. The average molecular weight is 331 g/mol. The lowest BCUT2D eigenvalue weighted by Gasteiger charge is -2.32. The molecule has 0 aromatic carbocycles. The number of carbonyl (C=O) groups excluding carboxylic acids is 1. The van der Waals surface area contributed by atoms with Crippen LogP contribution in [0.5, 0.6) is 0 Å². The fourth-order valence-corrected chi connectivity index (χ4v) is 3.92. The molecule has 0 bridgehead atoms. The first kappa shape index (κ1) is 17.5. The quantitative estimate of drug-likeness (QED) is 0.802. The Hall–Kier alpha value is -0.820. The third-order valence-electron chi connectivity index (χ3n) is 5.40. The summed E-state index contributed by atoms with van der Waals surface area (Å²) in [5, 5.41) is 3.12. The molecule has 0 aromatic rings. The summed E-state index contributed by atoms with van der Waals surface area (Å²) >= 11 is 0. The lowest BCUT2D eigenvalue weighted by atomic mass is 9.94. The number of likely N-dealkylation sites (tertiary alicyclic amines) is 1. The fourth-order valence-electron chi connectivity index (χ4n) is 3.01. The molecule has 2 atom stereocenters. The molecule has 1 aliphatic carbocycles. The Bertz CT molecular complexity index is 512. The number of sulfonamides is 1. The van der Waals surface area contributed by atoms with E-state index in [0.717, 1.165) is 6.42 Å². The molecule has 6 nitrogen and oxygen atoms in total. The van der Waals surface area contributed by atoms with Crippen molar-refractivity contribution in [1.29, 1.82) is 0 Å². The fraction of sp³-hybridized carbons (Fsp3) is 0.933. The van der Waals surface area contributed by atoms with E-state index in [0.29, 0.717) is 31.8 Å². The molecule has 2 fully saturated rings. The van der Waals surface area contributed by atoms with Gasteiger partial charge in [0.1, 0.15) is 0 Å². The van der Waals surface area contributed by atoms with Gasteiger partial charge in [0.15, 0.2) is 0 Å². The maximum atomic E-state index is 12.3. The van der Waals surface area contributed by atoms with Crippen molar-refractivity contribution in [2.75, 3.05) is 18.8 Å². The van der Waals surface area contributed by atoms with Gasteiger partial charge in [0.2, 0.25) is 10.0 Å². The molecule has 7 heteroatoms. The summed E-state index contributed by atoms with van der Waals surface area (Å²) in [6.07, 6.45) is 2.40. The molecular weight excluding hydrogens is 302 g/mol. The number of nitrogens with zero attached hydrogens (tertiary/aromatic N) is 1. The van der Waals surface area contributed by atoms with Crippen LogP contribution in [0.1, 0.15) is 47.0 Å². The zero-order valence-corrected chi connectivity index (χ0v) is 14.9. The highest BCUT2D eigenvalue weighted by molar-refractivity contribution is 7.89. The van der Waals surface area contributed by atoms with E-state index in [2.05, 4.69) is 30.8 Å². The summed E-state index contributed by atoms with van der Waals surface area (Å²) in [5.74, 6) is 0.662. The molecule has 0 aromatic heterocycles. The van der Waals surface area contributed by atoms with Crippen molar-refractivity contribution in [3.05, 3.63) is 0 Å². The van der Waals surface area contributed by atoms with E-state index in [9.17, 15) is 13.2 Å². The molecule has 2 rings (SSSR count). The highest BCUT2D eigenvalue weighted by Gasteiger charge is 2.53. The zero-order chi connectivity index (χ0) is 16.5. The predicted octanol–water partition coefficient (Wildman–Crippen LogP) is 1.53. The van der Waals surface area contributed by atoms with Crippen molar-refractivity contribution in [1.82, 2.24) is 14.9 Å². The number of rotatable bonds is 5. The van der Waals surface area contributed by atoms with Gasteiger partial charge in [-0.05, 0) is 37.5 Å². The van der Waals surface area contributed by atoms with Crippen LogP contribution in [0.4, 0.5) is 4.79 Å². The second-order valence-corrected chi connectivity index (χ2v) is 9.19. The molecule has 1 aliphatic heterocycles. The molecule has 2 N–H and O–H groups in total. The highest BCUT2D eigenvalue weighted by Crippen LogP contribution is 2.51. The third kappa shape index (κ3) is 3.93. The number of urea groups is 1. The van der Waals surface area contributed by atoms with E-state index in [1.54, 1.807) is 11.8 Å². The van der Waals surface area contributed by atoms with E-state index >= 15 is 0 Å². The molecule has 2 amide bonds. The van der Waals surface area contributed by atoms with Gasteiger partial charge >= 0.3 is 6.03 Å². The molecule has 2 aliphatic rings. The monoisotopic (exact) mass is 331 g/mol. The van der Waals surface area contributed by atoms with Crippen molar-refractivity contribution in [3.63, 3.8) is 0 Å². The lowest BCUT2D eigenvalue weighted by Crippen LogP contribution is -2.50. The maximum Gasteiger partial charge on any atom is 0.317 e. The SMILES string of the molecule is CCS(=O)(=O)NC1CCN(C(=O)NC2CC2(C)C(C)C)CC1. The van der Waals surface area contributed by atoms with Gasteiger partial charge in [-0.3, -0.25) is 0 Å². The van der Waals surface area contributed by atoms with E-state index in [-0.39, 0.29) is 29.3 Å². The first-order valence-electron chi connectivity index (χ1n) is 8.23. The summed E-state index contributed by atoms with van der Waals surface area (Å²) in [5.41, 5.74) is 0.227. The van der Waals surface area contributed by atoms with Crippen LogP contribution in [0.25, 0.3) is 0 Å². The van der Waals surface area contributed by atoms with Crippen molar-refractivity contribution in [3.8, 4) is 0 Å². The Morgan fingerprint density at radius 1 is 1.32 bits per heavy atom. The lowest BCUT2D eigenvalue weighted by molar-refractivity contribution is 0.177. The highest BCUT2D eigenvalue weighted by atomic mass is 32.2. The van der Waals surface area contributed by atoms with Crippen LogP contribution in [0.3, 0.4) is 0 Å².